The van der Waals surface area contributed by atoms with Crippen molar-refractivity contribution in [3.63, 3.8) is 0 Å². The Bertz CT molecular complexity index is 1090. The second-order valence-corrected chi connectivity index (χ2v) is 9.01. The number of hydrogen-bond donors (Lipinski definition) is 1. The van der Waals surface area contributed by atoms with Crippen LogP contribution in [0.1, 0.15) is 24.3 Å². The number of hydrogen-bond acceptors (Lipinski definition) is 6. The topological polar surface area (TPSA) is 80.5 Å². The van der Waals surface area contributed by atoms with E-state index >= 15 is 0 Å². The smallest absolute Gasteiger partial charge is 0.241 e. The van der Waals surface area contributed by atoms with Crippen LogP contribution in [-0.4, -0.2) is 47.2 Å². The molecule has 1 fully saturated rings. The van der Waals surface area contributed by atoms with Gasteiger partial charge in [0.25, 0.3) is 0 Å². The molecule has 9 heteroatoms. The number of ether oxygens (including phenoxy) is 1. The van der Waals surface area contributed by atoms with Crippen LogP contribution in [-0.2, 0) is 11.3 Å². The fourth-order valence-corrected chi connectivity index (χ4v) is 4.32. The largest absolute Gasteiger partial charge is 0.492 e. The van der Waals surface area contributed by atoms with E-state index in [1.165, 1.54) is 5.56 Å². The van der Waals surface area contributed by atoms with Gasteiger partial charge < -0.3 is 14.6 Å². The Morgan fingerprint density at radius 1 is 1.24 bits per heavy atom. The van der Waals surface area contributed by atoms with Gasteiger partial charge in [0.1, 0.15) is 12.4 Å². The van der Waals surface area contributed by atoms with Crippen LogP contribution in [0.2, 0.25) is 10.0 Å². The highest BCUT2D eigenvalue weighted by atomic mass is 35.5. The lowest BCUT2D eigenvalue weighted by Gasteiger charge is -2.30. The third-order valence-corrected chi connectivity index (χ3v) is 6.11. The molecule has 0 bridgehead atoms. The Balaban J connectivity index is 1.25. The highest BCUT2D eigenvalue weighted by molar-refractivity contribution is 6.36. The van der Waals surface area contributed by atoms with E-state index in [1.54, 1.807) is 18.2 Å². The number of amides is 1. The summed E-state index contributed by atoms with van der Waals surface area (Å²) in [5.74, 6) is 1.69. The number of piperidine rings is 1. The number of likely N-dealkylation sites (tertiary alicyclic amines) is 1. The molecule has 174 valence electrons. The zero-order chi connectivity index (χ0) is 23.2. The van der Waals surface area contributed by atoms with Crippen LogP contribution in [0.4, 0.5) is 0 Å². The van der Waals surface area contributed by atoms with Gasteiger partial charge in [-0.15, -0.1) is 0 Å². The summed E-state index contributed by atoms with van der Waals surface area (Å²) in [6, 6.07) is 13.0. The van der Waals surface area contributed by atoms with E-state index in [2.05, 4.69) is 20.4 Å². The molecule has 0 aliphatic carbocycles. The molecular formula is C24H26Cl2N4O3. The minimum atomic E-state index is -0.0776. The summed E-state index contributed by atoms with van der Waals surface area (Å²) in [7, 11) is 0. The van der Waals surface area contributed by atoms with Gasteiger partial charge >= 0.3 is 0 Å². The highest BCUT2D eigenvalue weighted by Crippen LogP contribution is 2.28. The van der Waals surface area contributed by atoms with E-state index < -0.39 is 0 Å². The first kappa shape index (κ1) is 23.5. The Hall–Kier alpha value is -2.61. The second-order valence-electron chi connectivity index (χ2n) is 8.16. The minimum absolute atomic E-state index is 0.0476. The molecule has 2 aromatic carbocycles. The molecule has 4 rings (SSSR count). The Morgan fingerprint density at radius 3 is 2.85 bits per heavy atom. The van der Waals surface area contributed by atoms with Crippen LogP contribution in [0.25, 0.3) is 11.4 Å². The van der Waals surface area contributed by atoms with Gasteiger partial charge in [-0.2, -0.15) is 4.98 Å². The van der Waals surface area contributed by atoms with Crippen LogP contribution in [0.5, 0.6) is 5.75 Å². The lowest BCUT2D eigenvalue weighted by molar-refractivity contribution is -0.126. The summed E-state index contributed by atoms with van der Waals surface area (Å²) in [6.45, 7) is 4.94. The quantitative estimate of drug-likeness (QED) is 0.460. The fraction of sp³-hybridized carbons (Fsp3) is 0.375. The molecule has 1 aliphatic heterocycles. The van der Waals surface area contributed by atoms with Gasteiger partial charge in [-0.25, -0.2) is 0 Å². The Morgan fingerprint density at radius 2 is 2.06 bits per heavy atom. The first-order valence-corrected chi connectivity index (χ1v) is 11.7. The Kier molecular flexibility index (Phi) is 7.85. The number of carbonyl (C=O) groups excluding carboxylic acids is 1. The number of nitrogens with one attached hydrogen (secondary N) is 1. The number of aryl methyl sites for hydroxylation is 1. The van der Waals surface area contributed by atoms with Crippen molar-refractivity contribution in [3.05, 3.63) is 64.0 Å². The zero-order valence-electron chi connectivity index (χ0n) is 18.4. The maximum Gasteiger partial charge on any atom is 0.241 e. The van der Waals surface area contributed by atoms with Gasteiger partial charge in [-0.05, 0) is 56.6 Å². The maximum absolute atomic E-state index is 12.6. The molecule has 3 aromatic rings. The van der Waals surface area contributed by atoms with Crippen LogP contribution < -0.4 is 10.1 Å². The van der Waals surface area contributed by atoms with E-state index in [4.69, 9.17) is 32.5 Å². The van der Waals surface area contributed by atoms with Crippen molar-refractivity contribution in [2.75, 3.05) is 26.2 Å². The summed E-state index contributed by atoms with van der Waals surface area (Å²) in [5, 5.41) is 8.05. The van der Waals surface area contributed by atoms with E-state index in [1.807, 2.05) is 31.2 Å². The third kappa shape index (κ3) is 6.47. The van der Waals surface area contributed by atoms with E-state index in [0.29, 0.717) is 53.6 Å². The fourth-order valence-electron chi connectivity index (χ4n) is 3.83. The van der Waals surface area contributed by atoms with Gasteiger partial charge in [-0.3, -0.25) is 9.69 Å². The van der Waals surface area contributed by atoms with Crippen molar-refractivity contribution in [1.29, 1.82) is 0 Å². The van der Waals surface area contributed by atoms with Crippen LogP contribution in [0, 0.1) is 12.8 Å². The SMILES string of the molecule is Cc1ccc(OCCNC(=O)C2CCCN(Cc3nc(-c4ccc(Cl)cc4Cl)no3)C2)cc1. The van der Waals surface area contributed by atoms with Crippen molar-refractivity contribution in [2.45, 2.75) is 26.3 Å². The standard InChI is InChI=1S/C24H26Cl2N4O3/c1-16-4-7-19(8-5-16)32-12-10-27-24(31)17-3-2-11-30(14-17)15-22-28-23(29-33-22)20-9-6-18(25)13-21(20)26/h4-9,13,17H,2-3,10-12,14-15H2,1H3,(H,27,31). The first-order valence-electron chi connectivity index (χ1n) is 11.0. The van der Waals surface area contributed by atoms with E-state index in [9.17, 15) is 4.79 Å². The number of aromatic nitrogens is 2. The summed E-state index contributed by atoms with van der Waals surface area (Å²) in [5.41, 5.74) is 1.85. The van der Waals surface area contributed by atoms with Gasteiger partial charge in [0.15, 0.2) is 0 Å². The molecule has 1 aromatic heterocycles. The van der Waals surface area contributed by atoms with Crippen molar-refractivity contribution < 1.29 is 14.1 Å². The molecule has 0 spiro atoms. The van der Waals surface area contributed by atoms with Crippen molar-refractivity contribution in [3.8, 4) is 17.1 Å². The van der Waals surface area contributed by atoms with Gasteiger partial charge in [0.2, 0.25) is 17.6 Å². The lowest BCUT2D eigenvalue weighted by atomic mass is 9.97. The molecule has 0 radical (unpaired) electrons. The van der Waals surface area contributed by atoms with Crippen molar-refractivity contribution >= 4 is 29.1 Å². The predicted octanol–water partition coefficient (Wildman–Crippen LogP) is 4.76. The van der Waals surface area contributed by atoms with Crippen molar-refractivity contribution in [1.82, 2.24) is 20.4 Å². The number of halogens is 2. The molecule has 1 atom stereocenters. The van der Waals surface area contributed by atoms with Crippen LogP contribution in [0.3, 0.4) is 0 Å². The van der Waals surface area contributed by atoms with Gasteiger partial charge in [0.05, 0.1) is 24.0 Å². The normalized spacial score (nSPS) is 16.5. The predicted molar refractivity (Wildman–Crippen MR) is 127 cm³/mol. The lowest BCUT2D eigenvalue weighted by Crippen LogP contribution is -2.43. The summed E-state index contributed by atoms with van der Waals surface area (Å²) < 4.78 is 11.1. The number of benzene rings is 2. The molecule has 1 saturated heterocycles. The van der Waals surface area contributed by atoms with Gasteiger partial charge in [-0.1, -0.05) is 46.1 Å². The molecule has 33 heavy (non-hydrogen) atoms. The molecule has 0 saturated carbocycles. The second kappa shape index (κ2) is 11.0. The summed E-state index contributed by atoms with van der Waals surface area (Å²) >= 11 is 12.2. The summed E-state index contributed by atoms with van der Waals surface area (Å²) in [6.07, 6.45) is 1.79. The average Bonchev–Trinajstić information content (AvgIpc) is 3.26. The third-order valence-electron chi connectivity index (χ3n) is 5.57. The molecule has 2 heterocycles. The Labute approximate surface area is 203 Å². The first-order chi connectivity index (χ1) is 16.0. The number of carbonyl (C=O) groups is 1. The molecule has 7 nitrogen and oxygen atoms in total. The maximum atomic E-state index is 12.6. The van der Waals surface area contributed by atoms with Crippen LogP contribution >= 0.6 is 23.2 Å². The van der Waals surface area contributed by atoms with Crippen LogP contribution in [0.15, 0.2) is 47.0 Å². The molecule has 1 N–H and O–H groups in total. The average molecular weight is 489 g/mol. The summed E-state index contributed by atoms with van der Waals surface area (Å²) in [4.78, 5) is 19.3. The monoisotopic (exact) mass is 488 g/mol. The molecule has 1 amide bonds. The number of rotatable bonds is 8. The zero-order valence-corrected chi connectivity index (χ0v) is 19.9. The molecule has 1 aliphatic rings. The van der Waals surface area contributed by atoms with Gasteiger partial charge in [0, 0.05) is 17.1 Å². The van der Waals surface area contributed by atoms with E-state index in [0.717, 1.165) is 25.1 Å². The molecule has 1 unspecified atom stereocenters. The molecular weight excluding hydrogens is 463 g/mol. The highest BCUT2D eigenvalue weighted by Gasteiger charge is 2.27. The van der Waals surface area contributed by atoms with E-state index in [-0.39, 0.29) is 11.8 Å². The van der Waals surface area contributed by atoms with Crippen molar-refractivity contribution in [2.24, 2.45) is 5.92 Å². The number of nitrogens with zero attached hydrogens (tertiary/aromatic N) is 3. The minimum Gasteiger partial charge on any atom is -0.492 e.